The molecule has 38 heavy (non-hydrogen) atoms. The number of thiazole rings is 1. The fourth-order valence-electron chi connectivity index (χ4n) is 3.91. The van der Waals surface area contributed by atoms with Crippen LogP contribution in [0.15, 0.2) is 30.7 Å². The molecule has 1 aliphatic heterocycles. The van der Waals surface area contributed by atoms with Crippen molar-refractivity contribution >= 4 is 51.5 Å². The number of halogens is 2. The molecule has 0 atom stereocenters. The molecule has 0 aliphatic carbocycles. The Hall–Kier alpha value is -3.87. The number of hydrogen-bond donors (Lipinski definition) is 1. The molecular weight excluding hydrogens is 553 g/mol. The number of aromatic nitrogens is 5. The SMILES string of the molecule is COc1ncc(Cl)c(C(=O)N2Cc3nc(NC(=O)c4cnc(C)cc4-c4cc(Cl)ncc4OC)sc3C2)n1. The van der Waals surface area contributed by atoms with Crippen molar-refractivity contribution in [2.24, 2.45) is 0 Å². The first-order valence-corrected chi connectivity index (χ1v) is 12.7. The van der Waals surface area contributed by atoms with Crippen molar-refractivity contribution in [2.45, 2.75) is 20.0 Å². The molecule has 5 rings (SSSR count). The number of carbonyl (C=O) groups excluding carboxylic acids is 2. The molecule has 4 aromatic rings. The first-order chi connectivity index (χ1) is 18.3. The van der Waals surface area contributed by atoms with Crippen LogP contribution in [-0.4, -0.2) is 55.9 Å². The van der Waals surface area contributed by atoms with E-state index in [0.29, 0.717) is 45.5 Å². The summed E-state index contributed by atoms with van der Waals surface area (Å²) < 4.78 is 10.4. The quantitative estimate of drug-likeness (QED) is 0.333. The number of methoxy groups -OCH3 is 2. The summed E-state index contributed by atoms with van der Waals surface area (Å²) in [7, 11) is 2.92. The Labute approximate surface area is 230 Å². The van der Waals surface area contributed by atoms with Gasteiger partial charge in [-0.15, -0.1) is 0 Å². The van der Waals surface area contributed by atoms with Gasteiger partial charge < -0.3 is 14.4 Å². The van der Waals surface area contributed by atoms with E-state index in [9.17, 15) is 9.59 Å². The second kappa shape index (κ2) is 10.5. The fraction of sp³-hybridized carbons (Fsp3) is 0.208. The predicted molar refractivity (Wildman–Crippen MR) is 141 cm³/mol. The Balaban J connectivity index is 1.35. The van der Waals surface area contributed by atoms with Crippen LogP contribution in [0.1, 0.15) is 37.1 Å². The molecule has 0 spiro atoms. The Morgan fingerprint density at radius 3 is 2.55 bits per heavy atom. The number of aryl methyl sites for hydroxylation is 1. The second-order valence-corrected chi connectivity index (χ2v) is 10.0. The van der Waals surface area contributed by atoms with E-state index in [1.165, 1.54) is 44.1 Å². The largest absolute Gasteiger partial charge is 0.494 e. The number of ether oxygens (including phenoxy) is 2. The van der Waals surface area contributed by atoms with E-state index < -0.39 is 5.91 Å². The molecule has 0 radical (unpaired) electrons. The number of carbonyl (C=O) groups is 2. The summed E-state index contributed by atoms with van der Waals surface area (Å²) in [6.45, 7) is 2.37. The zero-order valence-corrected chi connectivity index (χ0v) is 22.6. The van der Waals surface area contributed by atoms with E-state index in [-0.39, 0.29) is 34.3 Å². The first kappa shape index (κ1) is 25.8. The summed E-state index contributed by atoms with van der Waals surface area (Å²) in [4.78, 5) is 49.6. The fourth-order valence-corrected chi connectivity index (χ4v) is 5.22. The highest BCUT2D eigenvalue weighted by atomic mass is 35.5. The van der Waals surface area contributed by atoms with Gasteiger partial charge in [0.15, 0.2) is 10.8 Å². The molecule has 0 fully saturated rings. The number of fused-ring (bicyclic) bond motifs is 1. The van der Waals surface area contributed by atoms with Crippen molar-refractivity contribution in [3.8, 4) is 22.9 Å². The maximum Gasteiger partial charge on any atom is 0.316 e. The van der Waals surface area contributed by atoms with E-state index in [4.69, 9.17) is 32.7 Å². The van der Waals surface area contributed by atoms with E-state index in [2.05, 4.69) is 30.2 Å². The second-order valence-electron chi connectivity index (χ2n) is 8.14. The normalized spacial score (nSPS) is 12.3. The lowest BCUT2D eigenvalue weighted by Crippen LogP contribution is -2.27. The van der Waals surface area contributed by atoms with Crippen LogP contribution in [0.3, 0.4) is 0 Å². The van der Waals surface area contributed by atoms with Crippen molar-refractivity contribution in [1.82, 2.24) is 29.8 Å². The average Bonchev–Trinajstić information content (AvgIpc) is 3.47. The minimum Gasteiger partial charge on any atom is -0.494 e. The van der Waals surface area contributed by atoms with Crippen LogP contribution in [0.5, 0.6) is 11.8 Å². The van der Waals surface area contributed by atoms with Gasteiger partial charge in [-0.25, -0.2) is 15.0 Å². The van der Waals surface area contributed by atoms with Crippen LogP contribution in [0.2, 0.25) is 10.2 Å². The smallest absolute Gasteiger partial charge is 0.316 e. The Kier molecular flexibility index (Phi) is 7.11. The third-order valence-corrected chi connectivity index (χ3v) is 7.18. The monoisotopic (exact) mass is 571 g/mol. The highest BCUT2D eigenvalue weighted by Crippen LogP contribution is 2.36. The highest BCUT2D eigenvalue weighted by Gasteiger charge is 2.31. The summed E-state index contributed by atoms with van der Waals surface area (Å²) >= 11 is 13.5. The van der Waals surface area contributed by atoms with Gasteiger partial charge in [0.05, 0.1) is 60.9 Å². The summed E-state index contributed by atoms with van der Waals surface area (Å²) in [5.74, 6) is -0.303. The van der Waals surface area contributed by atoms with Gasteiger partial charge in [-0.1, -0.05) is 34.5 Å². The number of amides is 2. The third kappa shape index (κ3) is 4.97. The molecule has 194 valence electrons. The van der Waals surface area contributed by atoms with Gasteiger partial charge in [0.1, 0.15) is 10.9 Å². The van der Waals surface area contributed by atoms with Crippen molar-refractivity contribution in [2.75, 3.05) is 19.5 Å². The van der Waals surface area contributed by atoms with Gasteiger partial charge in [0.25, 0.3) is 11.8 Å². The van der Waals surface area contributed by atoms with Crippen molar-refractivity contribution in [3.63, 3.8) is 0 Å². The Bertz CT molecular complexity index is 1560. The molecule has 0 unspecified atom stereocenters. The maximum absolute atomic E-state index is 13.3. The van der Waals surface area contributed by atoms with Crippen LogP contribution in [0, 0.1) is 6.92 Å². The molecule has 0 saturated heterocycles. The highest BCUT2D eigenvalue weighted by molar-refractivity contribution is 7.16. The number of nitrogens with zero attached hydrogens (tertiary/aromatic N) is 6. The molecule has 0 aromatic carbocycles. The number of hydrogen-bond acceptors (Lipinski definition) is 10. The van der Waals surface area contributed by atoms with Gasteiger partial charge in [-0.2, -0.15) is 4.98 Å². The molecule has 0 bridgehead atoms. The first-order valence-electron chi connectivity index (χ1n) is 11.1. The summed E-state index contributed by atoms with van der Waals surface area (Å²) in [6, 6.07) is 3.46. The van der Waals surface area contributed by atoms with Crippen LogP contribution in [0.25, 0.3) is 11.1 Å². The summed E-state index contributed by atoms with van der Waals surface area (Å²) in [5.41, 5.74) is 2.96. The van der Waals surface area contributed by atoms with Gasteiger partial charge in [0.2, 0.25) is 0 Å². The lowest BCUT2D eigenvalue weighted by Gasteiger charge is -2.16. The molecule has 5 heterocycles. The zero-order valence-electron chi connectivity index (χ0n) is 20.3. The number of anilines is 1. The van der Waals surface area contributed by atoms with E-state index in [1.807, 2.05) is 6.92 Å². The maximum atomic E-state index is 13.3. The van der Waals surface area contributed by atoms with Crippen LogP contribution in [-0.2, 0) is 13.1 Å². The Morgan fingerprint density at radius 1 is 1.00 bits per heavy atom. The molecule has 1 N–H and O–H groups in total. The number of rotatable bonds is 6. The van der Waals surface area contributed by atoms with Crippen LogP contribution in [0.4, 0.5) is 5.13 Å². The lowest BCUT2D eigenvalue weighted by molar-refractivity contribution is 0.0743. The average molecular weight is 572 g/mol. The number of pyridine rings is 2. The van der Waals surface area contributed by atoms with E-state index in [1.54, 1.807) is 17.0 Å². The standard InChI is InChI=1S/C24H19Cl2N7O4S/c1-11-4-12(13-5-19(26)28-8-17(13)36-2)14(6-27-11)21(34)32-24-30-16-9-33(10-18(16)38-24)22(35)20-15(25)7-29-23(31-20)37-3/h4-8H,9-10H2,1-3H3,(H,30,32,34). The molecule has 0 saturated carbocycles. The van der Waals surface area contributed by atoms with Gasteiger partial charge >= 0.3 is 6.01 Å². The van der Waals surface area contributed by atoms with Gasteiger partial charge in [-0.3, -0.25) is 19.9 Å². The molecule has 1 aliphatic rings. The molecule has 2 amide bonds. The van der Waals surface area contributed by atoms with Crippen molar-refractivity contribution in [3.05, 3.63) is 68.4 Å². The minimum atomic E-state index is -0.400. The van der Waals surface area contributed by atoms with Crippen LogP contribution < -0.4 is 14.8 Å². The van der Waals surface area contributed by atoms with E-state index in [0.717, 1.165) is 4.88 Å². The predicted octanol–water partition coefficient (Wildman–Crippen LogP) is 4.43. The molecule has 4 aromatic heterocycles. The summed E-state index contributed by atoms with van der Waals surface area (Å²) in [6.07, 6.45) is 4.31. The third-order valence-electron chi connectivity index (χ3n) is 5.70. The lowest BCUT2D eigenvalue weighted by atomic mass is 10.0. The Morgan fingerprint density at radius 2 is 1.82 bits per heavy atom. The summed E-state index contributed by atoms with van der Waals surface area (Å²) in [5, 5.41) is 3.64. The minimum absolute atomic E-state index is 0.0477. The van der Waals surface area contributed by atoms with Crippen molar-refractivity contribution in [1.29, 1.82) is 0 Å². The van der Waals surface area contributed by atoms with E-state index >= 15 is 0 Å². The van der Waals surface area contributed by atoms with Crippen LogP contribution >= 0.6 is 34.5 Å². The van der Waals surface area contributed by atoms with Gasteiger partial charge in [0, 0.05) is 23.0 Å². The van der Waals surface area contributed by atoms with Crippen molar-refractivity contribution < 1.29 is 19.1 Å². The molecule has 11 nitrogen and oxygen atoms in total. The number of nitrogens with one attached hydrogen (secondary N) is 1. The topological polar surface area (TPSA) is 132 Å². The van der Waals surface area contributed by atoms with Gasteiger partial charge in [-0.05, 0) is 19.1 Å². The molecule has 14 heteroatoms. The molecular formula is C24H19Cl2N7O4S. The zero-order chi connectivity index (χ0) is 27.0.